The van der Waals surface area contributed by atoms with Crippen LogP contribution in [0.5, 0.6) is 5.75 Å². The molecule has 0 saturated heterocycles. The van der Waals surface area contributed by atoms with Gasteiger partial charge in [0, 0.05) is 19.3 Å². The van der Waals surface area contributed by atoms with E-state index < -0.39 is 21.0 Å². The van der Waals surface area contributed by atoms with Crippen molar-refractivity contribution in [3.05, 3.63) is 24.3 Å². The molecule has 0 saturated carbocycles. The van der Waals surface area contributed by atoms with E-state index in [2.05, 4.69) is 6.92 Å². The second-order valence-electron chi connectivity index (χ2n) is 6.66. The van der Waals surface area contributed by atoms with Crippen molar-refractivity contribution in [2.24, 2.45) is 0 Å². The topological polar surface area (TPSA) is 97.7 Å². The van der Waals surface area contributed by atoms with E-state index in [1.165, 1.54) is 43.5 Å². The number of unbranched alkanes of at least 4 members (excludes halogenated alkanes) is 6. The first-order valence-electron chi connectivity index (χ1n) is 9.63. The lowest BCUT2D eigenvalue weighted by molar-refractivity contribution is -0.134. The highest BCUT2D eigenvalue weighted by molar-refractivity contribution is 7.86. The van der Waals surface area contributed by atoms with E-state index in [0.717, 1.165) is 25.7 Å². The number of carbonyl (C=O) groups is 2. The minimum absolute atomic E-state index is 0.130. The van der Waals surface area contributed by atoms with E-state index in [4.69, 9.17) is 9.29 Å². The molecule has 0 aliphatic carbocycles. The van der Waals surface area contributed by atoms with Gasteiger partial charge in [-0.15, -0.1) is 0 Å². The van der Waals surface area contributed by atoms with Crippen molar-refractivity contribution >= 4 is 21.9 Å². The molecule has 1 aromatic rings. The van der Waals surface area contributed by atoms with Crippen LogP contribution in [0.2, 0.25) is 0 Å². The number of ketones is 1. The normalized spacial score (nSPS) is 11.3. The number of rotatable bonds is 14. The summed E-state index contributed by atoms with van der Waals surface area (Å²) >= 11 is 0. The van der Waals surface area contributed by atoms with Gasteiger partial charge in [0.2, 0.25) is 0 Å². The molecule has 0 radical (unpaired) electrons. The van der Waals surface area contributed by atoms with E-state index in [1.54, 1.807) is 0 Å². The first kappa shape index (κ1) is 23.3. The molecule has 0 heterocycles. The van der Waals surface area contributed by atoms with Crippen molar-refractivity contribution in [2.75, 3.05) is 0 Å². The quantitative estimate of drug-likeness (QED) is 0.211. The van der Waals surface area contributed by atoms with Gasteiger partial charge in [-0.2, -0.15) is 8.42 Å². The second-order valence-corrected chi connectivity index (χ2v) is 8.05. The molecule has 6 nitrogen and oxygen atoms in total. The van der Waals surface area contributed by atoms with Crippen molar-refractivity contribution in [1.29, 1.82) is 0 Å². The summed E-state index contributed by atoms with van der Waals surface area (Å²) < 4.78 is 36.7. The van der Waals surface area contributed by atoms with Crippen LogP contribution in [0.25, 0.3) is 0 Å². The zero-order valence-electron chi connectivity index (χ0n) is 16.0. The molecular weight excluding hydrogens is 368 g/mol. The Morgan fingerprint density at radius 1 is 0.889 bits per heavy atom. The summed E-state index contributed by atoms with van der Waals surface area (Å²) in [5.74, 6) is -0.465. The number of para-hydroxylation sites is 1. The lowest BCUT2D eigenvalue weighted by atomic mass is 10.0. The molecule has 152 valence electrons. The molecule has 0 unspecified atom stereocenters. The molecule has 1 rings (SSSR count). The Labute approximate surface area is 162 Å². The number of ether oxygens (including phenoxy) is 1. The van der Waals surface area contributed by atoms with Gasteiger partial charge in [0.05, 0.1) is 0 Å². The molecule has 0 fully saturated rings. The number of esters is 1. The number of carbonyl (C=O) groups excluding carboxylic acids is 2. The predicted molar refractivity (Wildman–Crippen MR) is 103 cm³/mol. The molecule has 0 aliphatic heterocycles. The van der Waals surface area contributed by atoms with E-state index >= 15 is 0 Å². The molecule has 0 amide bonds. The molecule has 7 heteroatoms. The van der Waals surface area contributed by atoms with Gasteiger partial charge >= 0.3 is 5.97 Å². The Hall–Kier alpha value is -1.73. The molecule has 1 aromatic carbocycles. The van der Waals surface area contributed by atoms with Gasteiger partial charge in [-0.25, -0.2) is 0 Å². The van der Waals surface area contributed by atoms with Crippen LogP contribution in [-0.4, -0.2) is 24.7 Å². The summed E-state index contributed by atoms with van der Waals surface area (Å²) in [6.45, 7) is 2.16. The van der Waals surface area contributed by atoms with E-state index in [0.29, 0.717) is 19.3 Å². The van der Waals surface area contributed by atoms with E-state index in [9.17, 15) is 18.0 Å². The van der Waals surface area contributed by atoms with Crippen LogP contribution in [0, 0.1) is 0 Å². The number of hydrogen-bond acceptors (Lipinski definition) is 5. The second kappa shape index (κ2) is 12.6. The lowest BCUT2D eigenvalue weighted by Crippen LogP contribution is -2.11. The molecule has 0 aliphatic rings. The van der Waals surface area contributed by atoms with Gasteiger partial charge in [-0.3, -0.25) is 14.1 Å². The Morgan fingerprint density at radius 3 is 2.07 bits per heavy atom. The monoisotopic (exact) mass is 398 g/mol. The smallest absolute Gasteiger partial charge is 0.311 e. The maximum absolute atomic E-state index is 11.9. The van der Waals surface area contributed by atoms with Gasteiger partial charge in [0.1, 0.15) is 10.7 Å². The maximum atomic E-state index is 11.9. The van der Waals surface area contributed by atoms with Crippen molar-refractivity contribution in [3.8, 4) is 5.75 Å². The largest absolute Gasteiger partial charge is 0.425 e. The highest BCUT2D eigenvalue weighted by Crippen LogP contribution is 2.23. The highest BCUT2D eigenvalue weighted by atomic mass is 32.2. The Kier molecular flexibility index (Phi) is 10.9. The van der Waals surface area contributed by atoms with Crippen LogP contribution in [0.1, 0.15) is 77.6 Å². The fourth-order valence-electron chi connectivity index (χ4n) is 2.74. The van der Waals surface area contributed by atoms with Crippen molar-refractivity contribution in [3.63, 3.8) is 0 Å². The minimum atomic E-state index is -4.45. The van der Waals surface area contributed by atoms with Crippen molar-refractivity contribution in [2.45, 2.75) is 82.4 Å². The van der Waals surface area contributed by atoms with Crippen LogP contribution in [0.4, 0.5) is 0 Å². The molecule has 0 bridgehead atoms. The van der Waals surface area contributed by atoms with E-state index in [1.807, 2.05) is 0 Å². The third-order valence-corrected chi connectivity index (χ3v) is 5.14. The van der Waals surface area contributed by atoms with Gasteiger partial charge in [-0.1, -0.05) is 51.2 Å². The summed E-state index contributed by atoms with van der Waals surface area (Å²) in [6, 6.07) is 5.44. The Morgan fingerprint density at radius 2 is 1.44 bits per heavy atom. The molecular formula is C20H30O6S. The summed E-state index contributed by atoms with van der Waals surface area (Å²) in [5.41, 5.74) is 0. The predicted octanol–water partition coefficient (Wildman–Crippen LogP) is 4.72. The van der Waals surface area contributed by atoms with Gasteiger partial charge < -0.3 is 4.74 Å². The fraction of sp³-hybridized carbons (Fsp3) is 0.600. The summed E-state index contributed by atoms with van der Waals surface area (Å²) in [6.07, 6.45) is 9.01. The first-order valence-corrected chi connectivity index (χ1v) is 11.1. The number of benzene rings is 1. The standard InChI is InChI=1S/C20H30O6S/c1-2-3-4-5-7-12-17(21)13-8-6-9-16-20(22)26-18-14-10-11-15-19(18)27(23,24)25/h10-11,14-15H,2-9,12-13,16H2,1H3,(H,23,24,25). The summed E-state index contributed by atoms with van der Waals surface area (Å²) in [4.78, 5) is 23.2. The van der Waals surface area contributed by atoms with Crippen LogP contribution in [-0.2, 0) is 19.7 Å². The van der Waals surface area contributed by atoms with Gasteiger partial charge in [-0.05, 0) is 31.4 Å². The molecule has 1 N–H and O–H groups in total. The van der Waals surface area contributed by atoms with Crippen LogP contribution < -0.4 is 4.74 Å². The SMILES string of the molecule is CCCCCCCC(=O)CCCCCC(=O)Oc1ccccc1S(=O)(=O)O. The third kappa shape index (κ3) is 10.2. The van der Waals surface area contributed by atoms with Gasteiger partial charge in [0.15, 0.2) is 5.75 Å². The number of hydrogen-bond donors (Lipinski definition) is 1. The summed E-state index contributed by atoms with van der Waals surface area (Å²) in [5, 5.41) is 0. The maximum Gasteiger partial charge on any atom is 0.311 e. The van der Waals surface area contributed by atoms with Gasteiger partial charge in [0.25, 0.3) is 10.1 Å². The van der Waals surface area contributed by atoms with E-state index in [-0.39, 0.29) is 18.0 Å². The molecule has 0 aromatic heterocycles. The molecule has 0 atom stereocenters. The van der Waals surface area contributed by atoms with Crippen LogP contribution in [0.3, 0.4) is 0 Å². The highest BCUT2D eigenvalue weighted by Gasteiger charge is 2.18. The van der Waals surface area contributed by atoms with Crippen LogP contribution in [0.15, 0.2) is 29.2 Å². The third-order valence-electron chi connectivity index (χ3n) is 4.25. The Balaban J connectivity index is 2.21. The Bertz CT molecular complexity index is 696. The summed E-state index contributed by atoms with van der Waals surface area (Å²) in [7, 11) is -4.45. The minimum Gasteiger partial charge on any atom is -0.425 e. The molecule has 0 spiro atoms. The fourth-order valence-corrected chi connectivity index (χ4v) is 3.35. The number of Topliss-reactive ketones (excluding diaryl/α,β-unsaturated/α-hetero) is 1. The van der Waals surface area contributed by atoms with Crippen molar-refractivity contribution in [1.82, 2.24) is 0 Å². The average Bonchev–Trinajstić information content (AvgIpc) is 2.61. The lowest BCUT2D eigenvalue weighted by Gasteiger charge is -2.07. The zero-order chi connectivity index (χ0) is 20.1. The van der Waals surface area contributed by atoms with Crippen molar-refractivity contribution < 1.29 is 27.3 Å². The van der Waals surface area contributed by atoms with Crippen LogP contribution >= 0.6 is 0 Å². The zero-order valence-corrected chi connectivity index (χ0v) is 16.8. The first-order chi connectivity index (χ1) is 12.8. The average molecular weight is 399 g/mol. The molecule has 27 heavy (non-hydrogen) atoms.